The summed E-state index contributed by atoms with van der Waals surface area (Å²) in [7, 11) is 0.191. The first-order chi connectivity index (χ1) is 9.12. The van der Waals surface area contributed by atoms with Crippen LogP contribution in [0.4, 0.5) is 0 Å². The molecule has 0 spiro atoms. The number of hydrogen-bond donors (Lipinski definition) is 1. The lowest BCUT2D eigenvalue weighted by Gasteiger charge is -2.41. The van der Waals surface area contributed by atoms with Crippen molar-refractivity contribution in [2.75, 3.05) is 27.2 Å². The smallest absolute Gasteiger partial charge is 0.282 e. The normalized spacial score (nSPS) is 24.1. The molecular formula is C14H31N3O2S. The van der Waals surface area contributed by atoms with Crippen LogP contribution in [0.2, 0.25) is 0 Å². The molecule has 1 N–H and O–H groups in total. The largest absolute Gasteiger partial charge is 0.318 e. The molecule has 2 atom stereocenters. The van der Waals surface area contributed by atoms with E-state index in [1.54, 1.807) is 15.7 Å². The first kappa shape index (κ1) is 17.9. The summed E-state index contributed by atoms with van der Waals surface area (Å²) in [5.74, 6) is 0. The molecule has 2 unspecified atom stereocenters. The maximum absolute atomic E-state index is 12.9. The van der Waals surface area contributed by atoms with Crippen molar-refractivity contribution in [3.8, 4) is 0 Å². The van der Waals surface area contributed by atoms with Crippen LogP contribution >= 0.6 is 0 Å². The van der Waals surface area contributed by atoms with Crippen molar-refractivity contribution in [2.45, 2.75) is 59.0 Å². The molecule has 0 bridgehead atoms. The average Bonchev–Trinajstić information content (AvgIpc) is 2.36. The van der Waals surface area contributed by atoms with Crippen molar-refractivity contribution in [1.29, 1.82) is 0 Å². The van der Waals surface area contributed by atoms with Gasteiger partial charge >= 0.3 is 0 Å². The van der Waals surface area contributed by atoms with Gasteiger partial charge in [0.15, 0.2) is 0 Å². The lowest BCUT2D eigenvalue weighted by Crippen LogP contribution is -2.55. The topological polar surface area (TPSA) is 52.7 Å². The van der Waals surface area contributed by atoms with E-state index in [2.05, 4.69) is 26.1 Å². The van der Waals surface area contributed by atoms with Gasteiger partial charge in [0.1, 0.15) is 0 Å². The SMILES string of the molecule is CNCC1CCCCN1S(=O)(=O)N(C)C(C)C(C)(C)C. The Morgan fingerprint density at radius 2 is 1.95 bits per heavy atom. The summed E-state index contributed by atoms with van der Waals surface area (Å²) in [6.07, 6.45) is 3.01. The molecule has 1 aliphatic rings. The molecule has 120 valence electrons. The first-order valence-corrected chi connectivity index (χ1v) is 8.91. The summed E-state index contributed by atoms with van der Waals surface area (Å²) in [4.78, 5) is 0. The van der Waals surface area contributed by atoms with E-state index in [1.807, 2.05) is 14.0 Å². The Morgan fingerprint density at radius 3 is 2.45 bits per heavy atom. The zero-order valence-electron chi connectivity index (χ0n) is 13.8. The second kappa shape index (κ2) is 6.73. The minimum Gasteiger partial charge on any atom is -0.318 e. The Balaban J connectivity index is 2.95. The van der Waals surface area contributed by atoms with Crippen LogP contribution in [-0.2, 0) is 10.2 Å². The monoisotopic (exact) mass is 305 g/mol. The third-order valence-electron chi connectivity index (χ3n) is 4.47. The van der Waals surface area contributed by atoms with Gasteiger partial charge in [-0.15, -0.1) is 0 Å². The van der Waals surface area contributed by atoms with Crippen LogP contribution in [0.25, 0.3) is 0 Å². The summed E-state index contributed by atoms with van der Waals surface area (Å²) in [6.45, 7) is 9.56. The van der Waals surface area contributed by atoms with Gasteiger partial charge in [0, 0.05) is 32.2 Å². The molecule has 1 saturated heterocycles. The van der Waals surface area contributed by atoms with E-state index < -0.39 is 10.2 Å². The highest BCUT2D eigenvalue weighted by molar-refractivity contribution is 7.86. The zero-order chi connectivity index (χ0) is 15.6. The predicted molar refractivity (Wildman–Crippen MR) is 83.9 cm³/mol. The molecule has 5 nitrogen and oxygen atoms in total. The Morgan fingerprint density at radius 1 is 1.35 bits per heavy atom. The highest BCUT2D eigenvalue weighted by Gasteiger charge is 2.39. The molecule has 0 aromatic carbocycles. The minimum absolute atomic E-state index is 0.0373. The molecule has 1 fully saturated rings. The van der Waals surface area contributed by atoms with Crippen LogP contribution in [0.3, 0.4) is 0 Å². The molecule has 0 saturated carbocycles. The molecule has 0 aromatic heterocycles. The van der Waals surface area contributed by atoms with Crippen LogP contribution in [0.15, 0.2) is 0 Å². The van der Waals surface area contributed by atoms with Crippen LogP contribution < -0.4 is 5.32 Å². The fraction of sp³-hybridized carbons (Fsp3) is 1.00. The van der Waals surface area contributed by atoms with E-state index >= 15 is 0 Å². The Labute approximate surface area is 124 Å². The highest BCUT2D eigenvalue weighted by atomic mass is 32.2. The number of nitrogens with zero attached hydrogens (tertiary/aromatic N) is 2. The van der Waals surface area contributed by atoms with Gasteiger partial charge < -0.3 is 5.32 Å². The average molecular weight is 305 g/mol. The van der Waals surface area contributed by atoms with E-state index in [0.717, 1.165) is 25.8 Å². The highest BCUT2D eigenvalue weighted by Crippen LogP contribution is 2.28. The maximum Gasteiger partial charge on any atom is 0.282 e. The number of nitrogens with one attached hydrogen (secondary N) is 1. The zero-order valence-corrected chi connectivity index (χ0v) is 14.6. The molecule has 0 aromatic rings. The van der Waals surface area contributed by atoms with Crippen molar-refractivity contribution >= 4 is 10.2 Å². The summed E-state index contributed by atoms with van der Waals surface area (Å²) in [5.41, 5.74) is -0.0733. The fourth-order valence-corrected chi connectivity index (χ4v) is 4.59. The molecule has 20 heavy (non-hydrogen) atoms. The Kier molecular flexibility index (Phi) is 6.01. The lowest BCUT2D eigenvalue weighted by atomic mass is 9.88. The predicted octanol–water partition coefficient (Wildman–Crippen LogP) is 1.67. The molecule has 1 aliphatic heterocycles. The molecule has 6 heteroatoms. The van der Waals surface area contributed by atoms with Gasteiger partial charge in [0.05, 0.1) is 0 Å². The molecule has 1 rings (SSSR count). The van der Waals surface area contributed by atoms with Gasteiger partial charge in [-0.05, 0) is 32.2 Å². The summed E-state index contributed by atoms with van der Waals surface area (Å²) in [5, 5.41) is 3.11. The molecule has 0 radical (unpaired) electrons. The standard InChI is InChI=1S/C14H31N3O2S/c1-12(14(2,3)4)16(6)20(18,19)17-10-8-7-9-13(17)11-15-5/h12-13,15H,7-11H2,1-6H3. The van der Waals surface area contributed by atoms with Gasteiger partial charge in [0.25, 0.3) is 10.2 Å². The van der Waals surface area contributed by atoms with Gasteiger partial charge in [-0.3, -0.25) is 0 Å². The van der Waals surface area contributed by atoms with E-state index in [-0.39, 0.29) is 17.5 Å². The summed E-state index contributed by atoms with van der Waals surface area (Å²) < 4.78 is 29.0. The lowest BCUT2D eigenvalue weighted by molar-refractivity contribution is 0.183. The number of piperidine rings is 1. The van der Waals surface area contributed by atoms with Gasteiger partial charge in [-0.25, -0.2) is 0 Å². The molecule has 0 amide bonds. The second-order valence-corrected chi connectivity index (χ2v) is 8.82. The summed E-state index contributed by atoms with van der Waals surface area (Å²) in [6, 6.07) is 0.0398. The third-order valence-corrected chi connectivity index (χ3v) is 6.59. The van der Waals surface area contributed by atoms with Crippen molar-refractivity contribution in [2.24, 2.45) is 5.41 Å². The molecule has 0 aliphatic carbocycles. The molecular weight excluding hydrogens is 274 g/mol. The van der Waals surface area contributed by atoms with Crippen LogP contribution in [0.1, 0.15) is 47.0 Å². The van der Waals surface area contributed by atoms with Gasteiger partial charge in [-0.1, -0.05) is 27.2 Å². The maximum atomic E-state index is 12.9. The molecule has 1 heterocycles. The van der Waals surface area contributed by atoms with Crippen molar-refractivity contribution in [3.05, 3.63) is 0 Å². The number of rotatable bonds is 5. The minimum atomic E-state index is -3.39. The van der Waals surface area contributed by atoms with Crippen molar-refractivity contribution in [3.63, 3.8) is 0 Å². The first-order valence-electron chi connectivity index (χ1n) is 7.51. The van der Waals surface area contributed by atoms with Crippen LogP contribution in [-0.4, -0.2) is 56.3 Å². The Hall–Kier alpha value is -0.170. The van der Waals surface area contributed by atoms with E-state index in [0.29, 0.717) is 6.54 Å². The van der Waals surface area contributed by atoms with Crippen molar-refractivity contribution < 1.29 is 8.42 Å². The van der Waals surface area contributed by atoms with Gasteiger partial charge in [0.2, 0.25) is 0 Å². The van der Waals surface area contributed by atoms with Crippen molar-refractivity contribution in [1.82, 2.24) is 13.9 Å². The second-order valence-electron chi connectivity index (χ2n) is 6.88. The number of likely N-dealkylation sites (N-methyl/N-ethyl adjacent to an activating group) is 1. The fourth-order valence-electron chi connectivity index (χ4n) is 2.63. The van der Waals surface area contributed by atoms with E-state index in [4.69, 9.17) is 0 Å². The van der Waals surface area contributed by atoms with E-state index in [9.17, 15) is 8.42 Å². The van der Waals surface area contributed by atoms with E-state index in [1.165, 1.54) is 0 Å². The Bertz CT molecular complexity index is 401. The van der Waals surface area contributed by atoms with Crippen LogP contribution in [0, 0.1) is 5.41 Å². The van der Waals surface area contributed by atoms with Crippen LogP contribution in [0.5, 0.6) is 0 Å². The third kappa shape index (κ3) is 3.93. The quantitative estimate of drug-likeness (QED) is 0.840. The van der Waals surface area contributed by atoms with Gasteiger partial charge in [-0.2, -0.15) is 17.0 Å². The summed E-state index contributed by atoms with van der Waals surface area (Å²) >= 11 is 0. The number of hydrogen-bond acceptors (Lipinski definition) is 3.